The number of likely N-dealkylation sites (N-methyl/N-ethyl adjacent to an activating group) is 1. The Bertz CT molecular complexity index is 1000. The third-order valence-electron chi connectivity index (χ3n) is 7.37. The number of piperidine rings is 1. The van der Waals surface area contributed by atoms with Gasteiger partial charge in [-0.15, -0.1) is 0 Å². The summed E-state index contributed by atoms with van der Waals surface area (Å²) in [4.78, 5) is 21.7. The second-order valence-electron chi connectivity index (χ2n) is 9.58. The van der Waals surface area contributed by atoms with Gasteiger partial charge in [-0.2, -0.15) is 0 Å². The van der Waals surface area contributed by atoms with Gasteiger partial charge < -0.3 is 19.6 Å². The van der Waals surface area contributed by atoms with E-state index in [0.717, 1.165) is 50.1 Å². The number of fused-ring (bicyclic) bond motifs is 1. The summed E-state index contributed by atoms with van der Waals surface area (Å²) in [5, 5.41) is 0. The lowest BCUT2D eigenvalue weighted by Gasteiger charge is -2.32. The normalized spacial score (nSPS) is 21.4. The van der Waals surface area contributed by atoms with Crippen molar-refractivity contribution in [2.75, 3.05) is 61.5 Å². The van der Waals surface area contributed by atoms with Crippen LogP contribution in [0.5, 0.6) is 0 Å². The fourth-order valence-electron chi connectivity index (χ4n) is 5.37. The molecule has 2 aromatic carbocycles. The Morgan fingerprint density at radius 3 is 2.41 bits per heavy atom. The van der Waals surface area contributed by atoms with Crippen molar-refractivity contribution in [2.24, 2.45) is 0 Å². The predicted octanol–water partition coefficient (Wildman–Crippen LogP) is 4.16. The highest BCUT2D eigenvalue weighted by molar-refractivity contribution is 6.08. The number of carbonyl (C=O) groups is 1. The summed E-state index contributed by atoms with van der Waals surface area (Å²) >= 11 is 0. The zero-order valence-corrected chi connectivity index (χ0v) is 19.2. The summed E-state index contributed by atoms with van der Waals surface area (Å²) in [5.41, 5.74) is 4.36. The standard InChI is InChI=1S/C26H33FN4O/c1-28(2)22-11-14-30(18-22)25-9-7-21(17-24(25)27)31-15-10-19-16-20(6-8-23(19)26(31)32)29-12-4-3-5-13-29/h6-9,16-17,22H,3-5,10-15,18H2,1-2H3. The van der Waals surface area contributed by atoms with Crippen LogP contribution in [0.15, 0.2) is 36.4 Å². The van der Waals surface area contributed by atoms with Gasteiger partial charge in [0.15, 0.2) is 0 Å². The van der Waals surface area contributed by atoms with Crippen LogP contribution in [0.4, 0.5) is 21.5 Å². The van der Waals surface area contributed by atoms with Gasteiger partial charge >= 0.3 is 0 Å². The average Bonchev–Trinajstić information content (AvgIpc) is 3.30. The summed E-state index contributed by atoms with van der Waals surface area (Å²) in [5.74, 6) is -0.279. The van der Waals surface area contributed by atoms with E-state index in [9.17, 15) is 4.79 Å². The zero-order chi connectivity index (χ0) is 22.2. The predicted molar refractivity (Wildman–Crippen MR) is 129 cm³/mol. The fourth-order valence-corrected chi connectivity index (χ4v) is 5.37. The van der Waals surface area contributed by atoms with Gasteiger partial charge in [-0.05, 0) is 88.2 Å². The maximum absolute atomic E-state index is 15.1. The van der Waals surface area contributed by atoms with Crippen LogP contribution < -0.4 is 14.7 Å². The monoisotopic (exact) mass is 436 g/mol. The summed E-state index contributed by atoms with van der Waals surface area (Å²) in [6.07, 6.45) is 5.60. The van der Waals surface area contributed by atoms with Crippen LogP contribution in [0.1, 0.15) is 41.6 Å². The molecule has 0 aromatic heterocycles. The number of carbonyl (C=O) groups excluding carboxylic acids is 1. The zero-order valence-electron chi connectivity index (χ0n) is 19.2. The molecule has 5 nitrogen and oxygen atoms in total. The minimum absolute atomic E-state index is 0.0301. The Balaban J connectivity index is 1.33. The van der Waals surface area contributed by atoms with Crippen LogP contribution in [0.3, 0.4) is 0 Å². The number of halogens is 1. The number of rotatable bonds is 4. The molecule has 0 saturated carbocycles. The smallest absolute Gasteiger partial charge is 0.258 e. The van der Waals surface area contributed by atoms with Crippen LogP contribution in [-0.2, 0) is 6.42 Å². The van der Waals surface area contributed by atoms with Crippen LogP contribution in [0, 0.1) is 5.82 Å². The second-order valence-corrected chi connectivity index (χ2v) is 9.58. The van der Waals surface area contributed by atoms with Crippen LogP contribution in [-0.4, -0.2) is 63.7 Å². The molecule has 32 heavy (non-hydrogen) atoms. The number of amides is 1. The van der Waals surface area contributed by atoms with Crippen molar-refractivity contribution >= 4 is 23.0 Å². The van der Waals surface area contributed by atoms with Crippen molar-refractivity contribution in [3.8, 4) is 0 Å². The Hall–Kier alpha value is -2.60. The molecule has 0 radical (unpaired) electrons. The minimum Gasteiger partial charge on any atom is -0.372 e. The molecule has 170 valence electrons. The minimum atomic E-state index is -0.249. The summed E-state index contributed by atoms with van der Waals surface area (Å²) < 4.78 is 15.1. The van der Waals surface area contributed by atoms with Crippen molar-refractivity contribution in [2.45, 2.75) is 38.1 Å². The molecule has 1 amide bonds. The van der Waals surface area contributed by atoms with E-state index in [1.54, 1.807) is 4.90 Å². The van der Waals surface area contributed by atoms with Crippen molar-refractivity contribution in [1.29, 1.82) is 0 Å². The molecule has 0 aliphatic carbocycles. The van der Waals surface area contributed by atoms with Gasteiger partial charge in [0, 0.05) is 55.7 Å². The molecule has 0 N–H and O–H groups in total. The van der Waals surface area contributed by atoms with E-state index in [4.69, 9.17) is 0 Å². The van der Waals surface area contributed by atoms with Crippen molar-refractivity contribution < 1.29 is 9.18 Å². The molecule has 0 bridgehead atoms. The van der Waals surface area contributed by atoms with Gasteiger partial charge in [0.1, 0.15) is 5.82 Å². The van der Waals surface area contributed by atoms with E-state index in [1.165, 1.54) is 31.0 Å². The number of nitrogens with zero attached hydrogens (tertiary/aromatic N) is 4. The molecule has 2 saturated heterocycles. The van der Waals surface area contributed by atoms with Crippen LogP contribution in [0.25, 0.3) is 0 Å². The van der Waals surface area contributed by atoms with E-state index in [2.05, 4.69) is 40.9 Å². The Morgan fingerprint density at radius 1 is 0.906 bits per heavy atom. The highest BCUT2D eigenvalue weighted by Crippen LogP contribution is 2.32. The van der Waals surface area contributed by atoms with E-state index >= 15 is 4.39 Å². The topological polar surface area (TPSA) is 30.0 Å². The van der Waals surface area contributed by atoms with Gasteiger partial charge in [0.25, 0.3) is 5.91 Å². The first kappa shape index (κ1) is 21.3. The highest BCUT2D eigenvalue weighted by Gasteiger charge is 2.29. The molecule has 3 aliphatic rings. The first-order chi connectivity index (χ1) is 15.5. The summed E-state index contributed by atoms with van der Waals surface area (Å²) in [6.45, 7) is 4.46. The second kappa shape index (κ2) is 8.74. The van der Waals surface area contributed by atoms with Gasteiger partial charge in [0.05, 0.1) is 5.69 Å². The highest BCUT2D eigenvalue weighted by atomic mass is 19.1. The fraction of sp³-hybridized carbons (Fsp3) is 0.500. The molecule has 2 fully saturated rings. The molecule has 1 atom stereocenters. The SMILES string of the molecule is CN(C)C1CCN(c2ccc(N3CCc4cc(N5CCCCC5)ccc4C3=O)cc2F)C1. The molecule has 3 heterocycles. The number of anilines is 3. The van der Waals surface area contributed by atoms with E-state index in [0.29, 0.717) is 24.0 Å². The molecule has 3 aliphatic heterocycles. The summed E-state index contributed by atoms with van der Waals surface area (Å²) in [6, 6.07) is 11.9. The number of hydrogen-bond donors (Lipinski definition) is 0. The molecular weight excluding hydrogens is 403 g/mol. The van der Waals surface area contributed by atoms with Gasteiger partial charge in [-0.25, -0.2) is 4.39 Å². The van der Waals surface area contributed by atoms with E-state index < -0.39 is 0 Å². The van der Waals surface area contributed by atoms with Crippen molar-refractivity contribution in [3.05, 3.63) is 53.3 Å². The van der Waals surface area contributed by atoms with E-state index in [-0.39, 0.29) is 11.7 Å². The third kappa shape index (κ3) is 3.96. The molecule has 5 rings (SSSR count). The Morgan fingerprint density at radius 2 is 1.69 bits per heavy atom. The molecule has 6 heteroatoms. The van der Waals surface area contributed by atoms with Gasteiger partial charge in [-0.3, -0.25) is 4.79 Å². The first-order valence-electron chi connectivity index (χ1n) is 11.9. The van der Waals surface area contributed by atoms with Crippen molar-refractivity contribution in [3.63, 3.8) is 0 Å². The largest absolute Gasteiger partial charge is 0.372 e. The lowest BCUT2D eigenvalue weighted by molar-refractivity contribution is 0.0980. The molecule has 1 unspecified atom stereocenters. The maximum Gasteiger partial charge on any atom is 0.258 e. The van der Waals surface area contributed by atoms with Crippen LogP contribution >= 0.6 is 0 Å². The number of benzene rings is 2. The first-order valence-corrected chi connectivity index (χ1v) is 11.9. The van der Waals surface area contributed by atoms with Crippen molar-refractivity contribution in [1.82, 2.24) is 4.90 Å². The average molecular weight is 437 g/mol. The lowest BCUT2D eigenvalue weighted by atomic mass is 9.97. The lowest BCUT2D eigenvalue weighted by Crippen LogP contribution is -2.38. The van der Waals surface area contributed by atoms with E-state index in [1.807, 2.05) is 18.2 Å². The molecule has 0 spiro atoms. The van der Waals surface area contributed by atoms with Gasteiger partial charge in [0.2, 0.25) is 0 Å². The maximum atomic E-state index is 15.1. The Kier molecular flexibility index (Phi) is 5.80. The molecule has 2 aromatic rings. The van der Waals surface area contributed by atoms with Gasteiger partial charge in [-0.1, -0.05) is 0 Å². The van der Waals surface area contributed by atoms with Crippen LogP contribution in [0.2, 0.25) is 0 Å². The summed E-state index contributed by atoms with van der Waals surface area (Å²) in [7, 11) is 4.14. The molecular formula is C26H33FN4O. The Labute approximate surface area is 190 Å². The third-order valence-corrected chi connectivity index (χ3v) is 7.37. The quantitative estimate of drug-likeness (QED) is 0.720. The number of hydrogen-bond acceptors (Lipinski definition) is 4.